The van der Waals surface area contributed by atoms with E-state index in [0.717, 1.165) is 48.1 Å². The molecule has 1 aliphatic heterocycles. The van der Waals surface area contributed by atoms with Crippen molar-refractivity contribution in [2.45, 2.75) is 39.5 Å². The van der Waals surface area contributed by atoms with Gasteiger partial charge in [-0.25, -0.2) is 4.98 Å². The van der Waals surface area contributed by atoms with Crippen LogP contribution >= 0.6 is 0 Å². The second kappa shape index (κ2) is 8.87. The second-order valence-electron chi connectivity index (χ2n) is 8.09. The average molecular weight is 394 g/mol. The van der Waals surface area contributed by atoms with Crippen LogP contribution in [0.3, 0.4) is 0 Å². The Morgan fingerprint density at radius 2 is 1.93 bits per heavy atom. The Morgan fingerprint density at radius 3 is 2.72 bits per heavy atom. The highest BCUT2D eigenvalue weighted by atomic mass is 16.5. The number of hydrogen-bond acceptors (Lipinski definition) is 5. The molecule has 1 aromatic carbocycles. The van der Waals surface area contributed by atoms with Crippen molar-refractivity contribution in [3.8, 4) is 11.5 Å². The molecule has 0 radical (unpaired) electrons. The minimum Gasteiger partial charge on any atom is -0.493 e. The fourth-order valence-corrected chi connectivity index (χ4v) is 4.23. The van der Waals surface area contributed by atoms with Crippen LogP contribution in [0.15, 0.2) is 29.8 Å². The molecule has 0 bridgehead atoms. The van der Waals surface area contributed by atoms with E-state index in [2.05, 4.69) is 29.3 Å². The van der Waals surface area contributed by atoms with Crippen LogP contribution in [-0.2, 0) is 6.42 Å². The monoisotopic (exact) mass is 393 g/mol. The molecule has 1 N–H and O–H groups in total. The number of methoxy groups -OCH3 is 1. The molecule has 2 aromatic rings. The van der Waals surface area contributed by atoms with Gasteiger partial charge in [0.2, 0.25) is 0 Å². The normalized spacial score (nSPS) is 15.9. The smallest absolute Gasteiger partial charge is 0.163 e. The Bertz CT molecular complexity index is 901. The molecule has 29 heavy (non-hydrogen) atoms. The molecule has 0 atom stereocenters. The first-order chi connectivity index (χ1) is 14.1. The summed E-state index contributed by atoms with van der Waals surface area (Å²) in [5, 5.41) is 3.49. The van der Waals surface area contributed by atoms with Gasteiger partial charge in [0.05, 0.1) is 13.7 Å². The highest BCUT2D eigenvalue weighted by Crippen LogP contribution is 2.35. The number of nitrogens with one attached hydrogen (secondary N) is 1. The van der Waals surface area contributed by atoms with E-state index in [0.29, 0.717) is 6.61 Å². The van der Waals surface area contributed by atoms with Crippen molar-refractivity contribution in [2.75, 3.05) is 38.7 Å². The standard InChI is InChI=1S/C24H31N3O2/c1-17-13-19-15-18(2)25-24(21(19)14-17)26-20-7-8-22(28-3)23(16-20)29-12-6-11-27-9-4-5-10-27/h7-8,14-16H,4-6,9-13H2,1-3H3,(H,25,26). The Labute approximate surface area is 173 Å². The van der Waals surface area contributed by atoms with Crippen molar-refractivity contribution in [3.63, 3.8) is 0 Å². The van der Waals surface area contributed by atoms with Gasteiger partial charge in [-0.15, -0.1) is 0 Å². The van der Waals surface area contributed by atoms with Crippen molar-refractivity contribution < 1.29 is 9.47 Å². The first-order valence-corrected chi connectivity index (χ1v) is 10.6. The largest absolute Gasteiger partial charge is 0.493 e. The number of likely N-dealkylation sites (tertiary alicyclic amines) is 1. The number of ether oxygens (including phenoxy) is 2. The van der Waals surface area contributed by atoms with Crippen molar-refractivity contribution in [2.24, 2.45) is 0 Å². The molecule has 154 valence electrons. The third-order valence-electron chi connectivity index (χ3n) is 5.63. The number of aryl methyl sites for hydroxylation is 1. The molecule has 2 heterocycles. The highest BCUT2D eigenvalue weighted by Gasteiger charge is 2.17. The second-order valence-corrected chi connectivity index (χ2v) is 8.09. The summed E-state index contributed by atoms with van der Waals surface area (Å²) in [7, 11) is 1.68. The van der Waals surface area contributed by atoms with Gasteiger partial charge in [-0.2, -0.15) is 0 Å². The Morgan fingerprint density at radius 1 is 1.10 bits per heavy atom. The lowest BCUT2D eigenvalue weighted by Gasteiger charge is -2.16. The van der Waals surface area contributed by atoms with Crippen molar-refractivity contribution in [3.05, 3.63) is 46.7 Å². The lowest BCUT2D eigenvalue weighted by atomic mass is 10.1. The lowest BCUT2D eigenvalue weighted by Crippen LogP contribution is -2.21. The lowest BCUT2D eigenvalue weighted by molar-refractivity contribution is 0.254. The summed E-state index contributed by atoms with van der Waals surface area (Å²) in [5.41, 5.74) is 5.88. The number of anilines is 2. The van der Waals surface area contributed by atoms with Crippen molar-refractivity contribution >= 4 is 17.6 Å². The van der Waals surface area contributed by atoms with Gasteiger partial charge in [-0.1, -0.05) is 11.6 Å². The predicted molar refractivity (Wildman–Crippen MR) is 118 cm³/mol. The average Bonchev–Trinajstić information content (AvgIpc) is 3.34. The first kappa shape index (κ1) is 19.8. The highest BCUT2D eigenvalue weighted by molar-refractivity contribution is 5.76. The predicted octanol–water partition coefficient (Wildman–Crippen LogP) is 4.97. The number of benzene rings is 1. The maximum absolute atomic E-state index is 6.08. The molecule has 1 fully saturated rings. The number of nitrogens with zero attached hydrogens (tertiary/aromatic N) is 2. The molecular formula is C24H31N3O2. The van der Waals surface area contributed by atoms with E-state index >= 15 is 0 Å². The van der Waals surface area contributed by atoms with E-state index in [1.807, 2.05) is 25.1 Å². The van der Waals surface area contributed by atoms with Crippen LogP contribution in [0.4, 0.5) is 11.5 Å². The molecule has 0 amide bonds. The van der Waals surface area contributed by atoms with Crippen molar-refractivity contribution in [1.29, 1.82) is 0 Å². The first-order valence-electron chi connectivity index (χ1n) is 10.6. The Hall–Kier alpha value is -2.53. The van der Waals surface area contributed by atoms with Gasteiger partial charge in [-0.3, -0.25) is 0 Å². The molecule has 2 aliphatic rings. The van der Waals surface area contributed by atoms with Gasteiger partial charge in [0, 0.05) is 29.6 Å². The zero-order chi connectivity index (χ0) is 20.2. The molecule has 1 aromatic heterocycles. The fraction of sp³-hybridized carbons (Fsp3) is 0.458. The van der Waals surface area contributed by atoms with Crippen LogP contribution < -0.4 is 14.8 Å². The van der Waals surface area contributed by atoms with Gasteiger partial charge < -0.3 is 19.7 Å². The maximum atomic E-state index is 6.08. The summed E-state index contributed by atoms with van der Waals surface area (Å²) in [6, 6.07) is 8.15. The molecule has 1 aliphatic carbocycles. The van der Waals surface area contributed by atoms with Crippen molar-refractivity contribution in [1.82, 2.24) is 9.88 Å². The van der Waals surface area contributed by atoms with Gasteiger partial charge >= 0.3 is 0 Å². The summed E-state index contributed by atoms with van der Waals surface area (Å²) in [4.78, 5) is 7.24. The van der Waals surface area contributed by atoms with Crippen LogP contribution in [0.1, 0.15) is 43.0 Å². The number of allylic oxidation sites excluding steroid dienone is 1. The van der Waals surface area contributed by atoms with Gasteiger partial charge in [0.1, 0.15) is 5.82 Å². The molecule has 5 nitrogen and oxygen atoms in total. The summed E-state index contributed by atoms with van der Waals surface area (Å²) >= 11 is 0. The van der Waals surface area contributed by atoms with E-state index in [1.54, 1.807) is 7.11 Å². The number of hydrogen-bond donors (Lipinski definition) is 1. The SMILES string of the molecule is COc1ccc(Nc2nc(C)cc3c2C=C(C)C3)cc1OCCCN1CCCC1. The minimum atomic E-state index is 0.691. The molecule has 4 rings (SSSR count). The van der Waals surface area contributed by atoms with Gasteiger partial charge in [0.15, 0.2) is 11.5 Å². The maximum Gasteiger partial charge on any atom is 0.163 e. The van der Waals surface area contributed by atoms with Crippen LogP contribution in [0, 0.1) is 6.92 Å². The summed E-state index contributed by atoms with van der Waals surface area (Å²) < 4.78 is 11.6. The number of fused-ring (bicyclic) bond motifs is 1. The van der Waals surface area contributed by atoms with E-state index in [1.165, 1.54) is 42.6 Å². The number of pyridine rings is 1. The van der Waals surface area contributed by atoms with Crippen LogP contribution in [0.2, 0.25) is 0 Å². The number of aromatic nitrogens is 1. The Balaban J connectivity index is 1.45. The van der Waals surface area contributed by atoms with E-state index in [9.17, 15) is 0 Å². The van der Waals surface area contributed by atoms with Crippen LogP contribution in [0.5, 0.6) is 11.5 Å². The summed E-state index contributed by atoms with van der Waals surface area (Å²) in [6.07, 6.45) is 6.91. The zero-order valence-electron chi connectivity index (χ0n) is 17.8. The summed E-state index contributed by atoms with van der Waals surface area (Å²) in [6.45, 7) is 8.46. The number of rotatable bonds is 8. The summed E-state index contributed by atoms with van der Waals surface area (Å²) in [5.74, 6) is 2.44. The molecule has 0 unspecified atom stereocenters. The third-order valence-corrected chi connectivity index (χ3v) is 5.63. The van der Waals surface area contributed by atoms with Crippen LogP contribution in [-0.4, -0.2) is 43.2 Å². The topological polar surface area (TPSA) is 46.6 Å². The van der Waals surface area contributed by atoms with E-state index in [-0.39, 0.29) is 0 Å². The fourth-order valence-electron chi connectivity index (χ4n) is 4.23. The van der Waals surface area contributed by atoms with Gasteiger partial charge in [0.25, 0.3) is 0 Å². The van der Waals surface area contributed by atoms with Crippen LogP contribution in [0.25, 0.3) is 6.08 Å². The molecule has 0 saturated carbocycles. The zero-order valence-corrected chi connectivity index (χ0v) is 17.8. The Kier molecular flexibility index (Phi) is 6.05. The van der Waals surface area contributed by atoms with E-state index < -0.39 is 0 Å². The molecular weight excluding hydrogens is 362 g/mol. The quantitative estimate of drug-likeness (QED) is 0.642. The molecule has 1 saturated heterocycles. The molecule has 0 spiro atoms. The minimum absolute atomic E-state index is 0.691. The van der Waals surface area contributed by atoms with Gasteiger partial charge in [-0.05, 0) is 76.4 Å². The third kappa shape index (κ3) is 4.73. The van der Waals surface area contributed by atoms with E-state index in [4.69, 9.17) is 14.5 Å². The molecule has 5 heteroatoms.